The van der Waals surface area contributed by atoms with Crippen LogP contribution >= 0.6 is 11.3 Å². The average Bonchev–Trinajstić information content (AvgIpc) is 2.80. The van der Waals surface area contributed by atoms with E-state index < -0.39 is 5.54 Å². The maximum Gasteiger partial charge on any atom is 0.251 e. The van der Waals surface area contributed by atoms with Crippen LogP contribution in [0, 0.1) is 12.7 Å². The Kier molecular flexibility index (Phi) is 5.33. The summed E-state index contributed by atoms with van der Waals surface area (Å²) in [7, 11) is 0. The fraction of sp³-hybridized carbons (Fsp3) is 0.353. The van der Waals surface area contributed by atoms with E-state index in [1.165, 1.54) is 30.4 Å². The molecule has 0 aliphatic carbocycles. The van der Waals surface area contributed by atoms with Gasteiger partial charge in [-0.3, -0.25) is 14.9 Å². The molecule has 0 aliphatic rings. The van der Waals surface area contributed by atoms with Crippen molar-refractivity contribution in [2.45, 2.75) is 39.7 Å². The van der Waals surface area contributed by atoms with Crippen LogP contribution in [0.4, 0.5) is 9.52 Å². The first kappa shape index (κ1) is 18.1. The summed E-state index contributed by atoms with van der Waals surface area (Å²) in [5.74, 6) is -0.879. The molecule has 1 heterocycles. The number of halogens is 1. The van der Waals surface area contributed by atoms with E-state index in [-0.39, 0.29) is 17.6 Å². The van der Waals surface area contributed by atoms with Gasteiger partial charge in [0.15, 0.2) is 5.13 Å². The predicted molar refractivity (Wildman–Crippen MR) is 92.6 cm³/mol. The number of nitrogens with one attached hydrogen (secondary N) is 2. The van der Waals surface area contributed by atoms with E-state index >= 15 is 0 Å². The summed E-state index contributed by atoms with van der Waals surface area (Å²) in [6.07, 6.45) is 0.620. The molecule has 2 amide bonds. The molecule has 2 N–H and O–H groups in total. The van der Waals surface area contributed by atoms with Gasteiger partial charge in [0.05, 0.1) is 5.69 Å². The van der Waals surface area contributed by atoms with Crippen molar-refractivity contribution in [1.29, 1.82) is 0 Å². The number of nitrogens with zero attached hydrogens (tertiary/aromatic N) is 1. The molecule has 0 saturated carbocycles. The Morgan fingerprint density at radius 1 is 1.25 bits per heavy atom. The van der Waals surface area contributed by atoms with Gasteiger partial charge in [-0.25, -0.2) is 9.37 Å². The number of aromatic nitrogens is 1. The molecule has 0 spiro atoms. The van der Waals surface area contributed by atoms with Crippen molar-refractivity contribution in [3.05, 3.63) is 46.2 Å². The molecule has 0 bridgehead atoms. The van der Waals surface area contributed by atoms with Crippen LogP contribution < -0.4 is 10.6 Å². The van der Waals surface area contributed by atoms with Crippen molar-refractivity contribution >= 4 is 28.3 Å². The van der Waals surface area contributed by atoms with E-state index in [1.807, 2.05) is 6.92 Å². The van der Waals surface area contributed by atoms with Crippen LogP contribution in [0.1, 0.15) is 36.9 Å². The van der Waals surface area contributed by atoms with E-state index in [0.717, 1.165) is 16.1 Å². The second-order valence-corrected chi connectivity index (χ2v) is 7.17. The van der Waals surface area contributed by atoms with Crippen LogP contribution in [0.25, 0.3) is 0 Å². The fourth-order valence-corrected chi connectivity index (χ4v) is 3.18. The molecule has 2 aromatic rings. The molecular formula is C17H20FN3O2S. The summed E-state index contributed by atoms with van der Waals surface area (Å²) in [5, 5.41) is 5.81. The first-order valence-corrected chi connectivity index (χ1v) is 8.30. The molecule has 0 fully saturated rings. The van der Waals surface area contributed by atoms with Gasteiger partial charge in [-0.15, -0.1) is 11.3 Å². The Morgan fingerprint density at radius 3 is 2.46 bits per heavy atom. The smallest absolute Gasteiger partial charge is 0.251 e. The van der Waals surface area contributed by atoms with Gasteiger partial charge >= 0.3 is 0 Å². The number of carbonyl (C=O) groups excluding carboxylic acids is 2. The van der Waals surface area contributed by atoms with Crippen molar-refractivity contribution in [2.75, 3.05) is 5.32 Å². The summed E-state index contributed by atoms with van der Waals surface area (Å²) in [6.45, 7) is 6.49. The van der Waals surface area contributed by atoms with Gasteiger partial charge in [-0.05, 0) is 38.5 Å². The molecule has 0 radical (unpaired) electrons. The highest BCUT2D eigenvalue weighted by atomic mass is 32.1. The summed E-state index contributed by atoms with van der Waals surface area (Å²) >= 11 is 1.37. The third kappa shape index (κ3) is 4.61. The minimum Gasteiger partial charge on any atom is -0.342 e. The Balaban J connectivity index is 2.09. The summed E-state index contributed by atoms with van der Waals surface area (Å²) < 4.78 is 13.0. The molecule has 0 atom stereocenters. The summed E-state index contributed by atoms with van der Waals surface area (Å²) in [4.78, 5) is 28.8. The highest BCUT2D eigenvalue weighted by molar-refractivity contribution is 7.15. The van der Waals surface area contributed by atoms with E-state index in [9.17, 15) is 14.0 Å². The molecule has 1 aromatic heterocycles. The number of aryl methyl sites for hydroxylation is 1. The molecule has 1 aromatic carbocycles. The largest absolute Gasteiger partial charge is 0.342 e. The lowest BCUT2D eigenvalue weighted by atomic mass is 10.1. The number of carbonyl (C=O) groups is 2. The number of thiazole rings is 1. The van der Waals surface area contributed by atoms with Crippen LogP contribution in [0.3, 0.4) is 0 Å². The Bertz CT molecular complexity index is 754. The maximum atomic E-state index is 13.0. The Morgan fingerprint density at radius 2 is 1.88 bits per heavy atom. The first-order chi connectivity index (χ1) is 11.2. The second-order valence-electron chi connectivity index (χ2n) is 6.09. The third-order valence-corrected chi connectivity index (χ3v) is 4.52. The minimum atomic E-state index is -1.03. The SMILES string of the molecule is CC(=O)NC(C)(C)C(=O)Nc1nc(C)c(Cc2ccc(F)cc2)s1. The van der Waals surface area contributed by atoms with Crippen LogP contribution in [0.15, 0.2) is 24.3 Å². The van der Waals surface area contributed by atoms with Crippen molar-refractivity contribution in [2.24, 2.45) is 0 Å². The third-order valence-electron chi connectivity index (χ3n) is 3.45. The molecule has 0 saturated heterocycles. The summed E-state index contributed by atoms with van der Waals surface area (Å²) in [6, 6.07) is 6.30. The zero-order valence-corrected chi connectivity index (χ0v) is 14.9. The van der Waals surface area contributed by atoms with Crippen LogP contribution in [0.2, 0.25) is 0 Å². The quantitative estimate of drug-likeness (QED) is 0.872. The van der Waals surface area contributed by atoms with Gasteiger partial charge in [-0.2, -0.15) is 0 Å². The number of hydrogen-bond donors (Lipinski definition) is 2. The Hall–Kier alpha value is -2.28. The van der Waals surface area contributed by atoms with Crippen molar-refractivity contribution in [3.8, 4) is 0 Å². The maximum absolute atomic E-state index is 13.0. The molecule has 2 rings (SSSR count). The lowest BCUT2D eigenvalue weighted by Crippen LogP contribution is -2.51. The fourth-order valence-electron chi connectivity index (χ4n) is 2.18. The molecule has 7 heteroatoms. The topological polar surface area (TPSA) is 71.1 Å². The zero-order valence-electron chi connectivity index (χ0n) is 14.1. The van der Waals surface area contributed by atoms with Crippen LogP contribution in [0.5, 0.6) is 0 Å². The van der Waals surface area contributed by atoms with Gasteiger partial charge in [0.1, 0.15) is 11.4 Å². The highest BCUT2D eigenvalue weighted by Crippen LogP contribution is 2.26. The molecule has 0 aliphatic heterocycles. The lowest BCUT2D eigenvalue weighted by Gasteiger charge is -2.23. The number of rotatable bonds is 5. The van der Waals surface area contributed by atoms with Crippen molar-refractivity contribution in [3.63, 3.8) is 0 Å². The van der Waals surface area contributed by atoms with Gasteiger partial charge in [-0.1, -0.05) is 12.1 Å². The summed E-state index contributed by atoms with van der Waals surface area (Å²) in [5.41, 5.74) is 0.763. The number of amides is 2. The number of benzene rings is 1. The zero-order chi connectivity index (χ0) is 17.9. The van der Waals surface area contributed by atoms with E-state index in [2.05, 4.69) is 15.6 Å². The van der Waals surface area contributed by atoms with Gasteiger partial charge in [0.25, 0.3) is 5.91 Å². The molecule has 24 heavy (non-hydrogen) atoms. The van der Waals surface area contributed by atoms with Crippen LogP contribution in [-0.2, 0) is 16.0 Å². The van der Waals surface area contributed by atoms with Gasteiger partial charge < -0.3 is 5.32 Å². The normalized spacial score (nSPS) is 11.2. The highest BCUT2D eigenvalue weighted by Gasteiger charge is 2.29. The molecule has 0 unspecified atom stereocenters. The number of anilines is 1. The minimum absolute atomic E-state index is 0.270. The first-order valence-electron chi connectivity index (χ1n) is 7.48. The van der Waals surface area contributed by atoms with Crippen molar-refractivity contribution < 1.29 is 14.0 Å². The van der Waals surface area contributed by atoms with E-state index in [4.69, 9.17) is 0 Å². The standard InChI is InChI=1S/C17H20FN3O2S/c1-10-14(9-12-5-7-13(18)8-6-12)24-16(19-10)20-15(23)17(3,4)21-11(2)22/h5-8H,9H2,1-4H3,(H,21,22)(H,19,20,23). The lowest BCUT2D eigenvalue weighted by molar-refractivity contribution is -0.128. The molecular weight excluding hydrogens is 329 g/mol. The van der Waals surface area contributed by atoms with Gasteiger partial charge in [0, 0.05) is 18.2 Å². The monoisotopic (exact) mass is 349 g/mol. The molecule has 128 valence electrons. The van der Waals surface area contributed by atoms with Crippen LogP contribution in [-0.4, -0.2) is 22.3 Å². The second kappa shape index (κ2) is 7.09. The van der Waals surface area contributed by atoms with Crippen molar-refractivity contribution in [1.82, 2.24) is 10.3 Å². The molecule has 5 nitrogen and oxygen atoms in total. The Labute approximate surface area is 144 Å². The number of hydrogen-bond acceptors (Lipinski definition) is 4. The van der Waals surface area contributed by atoms with E-state index in [0.29, 0.717) is 11.6 Å². The predicted octanol–water partition coefficient (Wildman–Crippen LogP) is 3.03. The average molecular weight is 349 g/mol. The van der Waals surface area contributed by atoms with Gasteiger partial charge in [0.2, 0.25) is 5.91 Å². The van der Waals surface area contributed by atoms with E-state index in [1.54, 1.807) is 26.0 Å².